The molecule has 4 aromatic rings. The highest BCUT2D eigenvalue weighted by molar-refractivity contribution is 6.38. The summed E-state index contributed by atoms with van der Waals surface area (Å²) < 4.78 is 20.3. The van der Waals surface area contributed by atoms with E-state index in [-0.39, 0.29) is 121 Å². The van der Waals surface area contributed by atoms with Gasteiger partial charge in [0.25, 0.3) is 5.91 Å². The number of ether oxygens (including phenoxy) is 1. The molecule has 30 nitrogen and oxygen atoms in total. The van der Waals surface area contributed by atoms with Gasteiger partial charge in [0, 0.05) is 70.2 Å². The average Bonchev–Trinajstić information content (AvgIpc) is 0.813. The van der Waals surface area contributed by atoms with E-state index in [4.69, 9.17) is 44.9 Å². The molecule has 0 bridgehead atoms. The van der Waals surface area contributed by atoms with E-state index in [2.05, 4.69) is 46.9 Å². The highest BCUT2D eigenvalue weighted by Gasteiger charge is 2.43. The number of unbranched alkanes of at least 4 members (excludes halogenated alkanes) is 1. The number of amides is 8. The molecule has 0 aliphatic carbocycles. The number of cyclic esters (lactones) is 1. The number of carbonyl (C=O) groups is 12. The first-order valence-corrected chi connectivity index (χ1v) is 36.6. The summed E-state index contributed by atoms with van der Waals surface area (Å²) in [7, 11) is 0. The number of benzene rings is 4. The third-order valence-electron chi connectivity index (χ3n) is 18.9. The second-order valence-corrected chi connectivity index (χ2v) is 28.1. The van der Waals surface area contributed by atoms with Gasteiger partial charge in [0.1, 0.15) is 36.6 Å². The third kappa shape index (κ3) is 28.8. The first-order chi connectivity index (χ1) is 51.0. The number of guanidine groups is 3. The monoisotopic (exact) mass is 1480 g/mol. The number of hydrogen-bond donors (Lipinski definition) is 13. The lowest BCUT2D eigenvalue weighted by atomic mass is 9.87. The Kier molecular flexibility index (Phi) is 34.1. The molecule has 2 heterocycles. The number of carbonyl (C=O) groups excluding carboxylic acids is 12. The molecule has 0 aromatic heterocycles. The number of rotatable bonds is 25. The Morgan fingerprint density at radius 1 is 0.523 bits per heavy atom. The highest BCUT2D eigenvalue weighted by Crippen LogP contribution is 2.27. The normalized spacial score (nSPS) is 22.4. The Morgan fingerprint density at radius 3 is 1.67 bits per heavy atom. The van der Waals surface area contributed by atoms with E-state index in [1.165, 1.54) is 26.0 Å². The van der Waals surface area contributed by atoms with Crippen LogP contribution in [-0.2, 0) is 81.5 Å². The van der Waals surface area contributed by atoms with E-state index < -0.39 is 168 Å². The van der Waals surface area contributed by atoms with E-state index >= 15 is 24.0 Å². The van der Waals surface area contributed by atoms with Crippen LogP contribution in [0.4, 0.5) is 4.39 Å². The minimum Gasteiger partial charge on any atom is -0.464 e. The van der Waals surface area contributed by atoms with E-state index in [0.29, 0.717) is 43.2 Å². The number of Topliss-reactive ketones (excluding diaryl/α,β-unsaturated/α-hetero) is 3. The fourth-order valence-electron chi connectivity index (χ4n) is 12.8. The molecule has 2 aliphatic heterocycles. The van der Waals surface area contributed by atoms with Gasteiger partial charge in [0.05, 0.1) is 23.4 Å². The Bertz CT molecular complexity index is 3820. The molecule has 9 atom stereocenters. The van der Waals surface area contributed by atoms with Gasteiger partial charge in [-0.25, -0.2) is 4.39 Å². The molecule has 580 valence electrons. The third-order valence-corrected chi connectivity index (χ3v) is 18.9. The van der Waals surface area contributed by atoms with Gasteiger partial charge in [0.2, 0.25) is 47.1 Å². The van der Waals surface area contributed by atoms with Crippen molar-refractivity contribution in [1.82, 2.24) is 36.8 Å². The molecular weight excluding hydrogens is 1380 g/mol. The first kappa shape index (κ1) is 85.1. The highest BCUT2D eigenvalue weighted by atomic mass is 19.1. The van der Waals surface area contributed by atoms with Crippen molar-refractivity contribution in [1.29, 1.82) is 0 Å². The minimum atomic E-state index is -1.70. The van der Waals surface area contributed by atoms with Crippen LogP contribution in [-0.4, -0.2) is 168 Å². The maximum absolute atomic E-state index is 15.3. The quantitative estimate of drug-likeness (QED) is 0.0148. The van der Waals surface area contributed by atoms with Crippen molar-refractivity contribution < 1.29 is 66.7 Å². The molecule has 31 heteroatoms. The number of ketones is 3. The molecule has 8 amide bonds. The number of aryl methyl sites for hydroxylation is 1. The van der Waals surface area contributed by atoms with Crippen molar-refractivity contribution >= 4 is 99.2 Å². The van der Waals surface area contributed by atoms with Gasteiger partial charge in [-0.3, -0.25) is 72.5 Å². The number of halogens is 1. The molecule has 107 heavy (non-hydrogen) atoms. The van der Waals surface area contributed by atoms with Gasteiger partial charge in [-0.1, -0.05) is 105 Å². The standard InChI is InChI=1S/C76H106FN17O13/c1-4-5-18-52-43-62(96)58(40-47-26-30-53(77)31-27-47)92-67(101)57(23-15-37-87-75(83)84)91-69(103)59(41-48-25-29-49-19-9-10-20-50(49)39-48)93-68(102)56(22-14-36-86-74(81)82)90-66(100)51(21-13-35-85-73(79)80)42-61(95)55(33-34-63(78)97)89-64(98)44-54(32-28-46-16-7-6-8-17-46)88-70(104)60-24-11-12-38-94(60)71(105)65(99)76(2,3)45-107-72(52)106/h6-10,16-17,19-20,25-27,29-31,39,51-52,54-60H,4-5,11-15,18,21-24,28,32-38,40-45H2,1-3H3,(H2,78,97)(H,88,104)(H,89,98)(H,90,100)(H,91,103)(H,92,101)(H,93,102)(H4,79,80,85)(H4,81,82,86)(H4,83,84,87)/t51-,52+,54?,55+,56+,57+,58+,59-,60?/m1/s1. The van der Waals surface area contributed by atoms with Crippen molar-refractivity contribution in [3.05, 3.63) is 120 Å². The molecule has 0 saturated carbocycles. The van der Waals surface area contributed by atoms with Crippen molar-refractivity contribution in [3.63, 3.8) is 0 Å². The molecule has 0 spiro atoms. The first-order valence-electron chi connectivity index (χ1n) is 36.6. The summed E-state index contributed by atoms with van der Waals surface area (Å²) in [5.74, 6) is -14.0. The average molecular weight is 1480 g/mol. The molecule has 2 unspecified atom stereocenters. The van der Waals surface area contributed by atoms with E-state index in [0.717, 1.165) is 33.4 Å². The van der Waals surface area contributed by atoms with Gasteiger partial charge in [-0.2, -0.15) is 0 Å². The molecule has 6 rings (SSSR count). The number of nitrogens with two attached hydrogens (primary N) is 7. The predicted octanol–water partition coefficient (Wildman–Crippen LogP) is 2.00. The number of fused-ring (bicyclic) bond motifs is 2. The van der Waals surface area contributed by atoms with E-state index in [1.807, 2.05) is 67.6 Å². The van der Waals surface area contributed by atoms with E-state index in [1.54, 1.807) is 12.1 Å². The summed E-state index contributed by atoms with van der Waals surface area (Å²) in [5.41, 5.74) is 39.8. The zero-order chi connectivity index (χ0) is 78.2. The molecule has 2 aliphatic rings. The second-order valence-electron chi connectivity index (χ2n) is 28.1. The van der Waals surface area contributed by atoms with Crippen LogP contribution in [0.25, 0.3) is 10.8 Å². The Balaban J connectivity index is 1.49. The molecule has 20 N–H and O–H groups in total. The maximum Gasteiger partial charge on any atom is 0.309 e. The van der Waals surface area contributed by atoms with Gasteiger partial charge in [-0.15, -0.1) is 0 Å². The van der Waals surface area contributed by atoms with Gasteiger partial charge in [-0.05, 0) is 143 Å². The molecule has 0 radical (unpaired) electrons. The van der Waals surface area contributed by atoms with Crippen LogP contribution in [0, 0.1) is 23.1 Å². The fourth-order valence-corrected chi connectivity index (χ4v) is 12.8. The van der Waals surface area contributed by atoms with Crippen molar-refractivity contribution in [2.75, 3.05) is 32.8 Å². The predicted molar refractivity (Wildman–Crippen MR) is 402 cm³/mol. The molecule has 2 saturated heterocycles. The zero-order valence-electron chi connectivity index (χ0n) is 61.3. The summed E-state index contributed by atoms with van der Waals surface area (Å²) in [4.78, 5) is 189. The minimum absolute atomic E-state index is 0.00750. The van der Waals surface area contributed by atoms with Crippen molar-refractivity contribution in [2.24, 2.45) is 72.4 Å². The summed E-state index contributed by atoms with van der Waals surface area (Å²) in [6.07, 6.45) is -0.344. The summed E-state index contributed by atoms with van der Waals surface area (Å²) in [5, 5.41) is 18.5. The van der Waals surface area contributed by atoms with Crippen LogP contribution < -0.4 is 72.0 Å². The number of esters is 1. The molecular formula is C76H106FN17O13. The lowest BCUT2D eigenvalue weighted by Crippen LogP contribution is -2.58. The van der Waals surface area contributed by atoms with Crippen molar-refractivity contribution in [3.8, 4) is 0 Å². The Morgan fingerprint density at radius 2 is 1.06 bits per heavy atom. The lowest BCUT2D eigenvalue weighted by molar-refractivity contribution is -0.160. The number of piperidine rings is 1. The molecule has 4 aromatic carbocycles. The summed E-state index contributed by atoms with van der Waals surface area (Å²) in [6, 6.07) is 17.4. The fraction of sp³-hybridized carbons (Fsp3) is 0.513. The number of primary amides is 1. The lowest BCUT2D eigenvalue weighted by Gasteiger charge is -2.36. The van der Waals surface area contributed by atoms with Crippen LogP contribution >= 0.6 is 0 Å². The zero-order valence-corrected chi connectivity index (χ0v) is 61.3. The Hall–Kier alpha value is -10.9. The van der Waals surface area contributed by atoms with Gasteiger partial charge < -0.3 is 81.7 Å². The van der Waals surface area contributed by atoms with Crippen LogP contribution in [0.1, 0.15) is 153 Å². The smallest absolute Gasteiger partial charge is 0.309 e. The van der Waals surface area contributed by atoms with Gasteiger partial charge in [0.15, 0.2) is 29.4 Å². The van der Waals surface area contributed by atoms with Crippen LogP contribution in [0.3, 0.4) is 0 Å². The number of nitrogens with one attached hydrogen (secondary N) is 6. The topological polar surface area (TPSA) is 509 Å². The number of hydrogen-bond acceptors (Lipinski definition) is 16. The summed E-state index contributed by atoms with van der Waals surface area (Å²) >= 11 is 0. The largest absolute Gasteiger partial charge is 0.464 e. The number of nitrogens with zero attached hydrogens (tertiary/aromatic N) is 4. The second kappa shape index (κ2) is 42.9. The Labute approximate surface area is 622 Å². The number of aliphatic imine (C=N–C) groups is 3. The van der Waals surface area contributed by atoms with Crippen LogP contribution in [0.15, 0.2) is 112 Å². The SMILES string of the molecule is CCCC[C@H]1CC(=O)[C@H](Cc2ccc(F)cc2)NC(=O)[C@H](CCCN=C(N)N)NC(=O)[C@@H](Cc2ccc3ccccc3c2)NC(=O)[C@H](CCCN=C(N)N)NC(=O)[C@H](CCCN=C(N)N)CC(=O)[C@H](CCC(N)=O)NC(=O)CC(CCc2ccccc2)NC(=O)C2CCCCN2C(=O)C(=O)C(C)(C)COC1=O. The van der Waals surface area contributed by atoms with Gasteiger partial charge >= 0.3 is 5.97 Å². The van der Waals surface area contributed by atoms with Crippen LogP contribution in [0.2, 0.25) is 0 Å². The molecule has 2 fully saturated rings. The maximum atomic E-state index is 15.3. The van der Waals surface area contributed by atoms with Crippen LogP contribution in [0.5, 0.6) is 0 Å². The summed E-state index contributed by atoms with van der Waals surface area (Å²) in [6.45, 7) is 3.94. The van der Waals surface area contributed by atoms with Crippen molar-refractivity contribution in [2.45, 2.75) is 198 Å². The van der Waals surface area contributed by atoms with E-state index in [9.17, 15) is 38.0 Å².